The van der Waals surface area contributed by atoms with Gasteiger partial charge in [0.1, 0.15) is 18.1 Å². The van der Waals surface area contributed by atoms with Gasteiger partial charge < -0.3 is 26.2 Å². The first kappa shape index (κ1) is 31.1. The van der Waals surface area contributed by atoms with E-state index in [1.54, 1.807) is 0 Å². The lowest BCUT2D eigenvalue weighted by atomic mass is 9.95. The summed E-state index contributed by atoms with van der Waals surface area (Å²) in [5.74, 6) is -2.78. The lowest BCUT2D eigenvalue weighted by Gasteiger charge is -2.24. The molecule has 9 heteroatoms. The number of hydrogen-bond acceptors (Lipinski definition) is 5. The first-order valence-electron chi connectivity index (χ1n) is 12.8. The molecule has 0 fully saturated rings. The summed E-state index contributed by atoms with van der Waals surface area (Å²) in [7, 11) is 0. The number of unbranched alkanes of at least 4 members (excludes halogenated alkanes) is 1. The highest BCUT2D eigenvalue weighted by atomic mass is 16.4. The van der Waals surface area contributed by atoms with E-state index in [1.807, 2.05) is 51.1 Å². The Bertz CT molecular complexity index is 845. The molecule has 36 heavy (non-hydrogen) atoms. The van der Waals surface area contributed by atoms with Crippen LogP contribution in [0.1, 0.15) is 72.3 Å². The van der Waals surface area contributed by atoms with Crippen molar-refractivity contribution in [3.8, 4) is 0 Å². The Morgan fingerprint density at radius 1 is 0.889 bits per heavy atom. The molecular weight excluding hydrogens is 462 g/mol. The molecule has 0 spiro atoms. The molecule has 5 N–H and O–H groups in total. The topological polar surface area (TPSA) is 145 Å². The van der Waals surface area contributed by atoms with Crippen LogP contribution in [-0.2, 0) is 25.6 Å². The Morgan fingerprint density at radius 3 is 2.08 bits per heavy atom. The van der Waals surface area contributed by atoms with Crippen molar-refractivity contribution in [1.29, 1.82) is 0 Å². The van der Waals surface area contributed by atoms with Crippen molar-refractivity contribution in [2.24, 2.45) is 11.8 Å². The maximum atomic E-state index is 13.1. The molecule has 9 nitrogen and oxygen atoms in total. The van der Waals surface area contributed by atoms with E-state index in [2.05, 4.69) is 22.9 Å². The average Bonchev–Trinajstić information content (AvgIpc) is 2.81. The molecule has 2 unspecified atom stereocenters. The van der Waals surface area contributed by atoms with Crippen LogP contribution in [0.5, 0.6) is 0 Å². The fraction of sp³-hybridized carbons (Fsp3) is 0.630. The quantitative estimate of drug-likeness (QED) is 0.233. The Balaban J connectivity index is 2.86. The molecule has 0 saturated heterocycles. The average molecular weight is 506 g/mol. The fourth-order valence-corrected chi connectivity index (χ4v) is 3.79. The van der Waals surface area contributed by atoms with Crippen molar-refractivity contribution in [2.75, 3.05) is 0 Å². The van der Waals surface area contributed by atoms with E-state index in [1.165, 1.54) is 6.92 Å². The van der Waals surface area contributed by atoms with Gasteiger partial charge in [0, 0.05) is 6.42 Å². The highest BCUT2D eigenvalue weighted by molar-refractivity contribution is 5.93. The summed E-state index contributed by atoms with van der Waals surface area (Å²) in [5.41, 5.74) is 0.815. The number of nitrogens with one attached hydrogen (secondary N) is 3. The zero-order chi connectivity index (χ0) is 27.3. The maximum absolute atomic E-state index is 13.1. The minimum Gasteiger partial charge on any atom is -0.480 e. The van der Waals surface area contributed by atoms with Gasteiger partial charge in [-0.1, -0.05) is 70.9 Å². The van der Waals surface area contributed by atoms with Crippen LogP contribution in [0.4, 0.5) is 0 Å². The summed E-state index contributed by atoms with van der Waals surface area (Å²) in [4.78, 5) is 49.8. The molecule has 0 radical (unpaired) electrons. The number of hydrogen-bond donors (Lipinski definition) is 5. The van der Waals surface area contributed by atoms with E-state index in [0.29, 0.717) is 0 Å². The van der Waals surface area contributed by atoms with Gasteiger partial charge in [-0.3, -0.25) is 14.4 Å². The second-order valence-corrected chi connectivity index (χ2v) is 9.96. The van der Waals surface area contributed by atoms with Crippen molar-refractivity contribution in [3.63, 3.8) is 0 Å². The summed E-state index contributed by atoms with van der Waals surface area (Å²) in [6, 6.07) is 6.09. The number of carbonyl (C=O) groups is 4. The van der Waals surface area contributed by atoms with Gasteiger partial charge >= 0.3 is 5.97 Å². The third kappa shape index (κ3) is 11.7. The standard InChI is InChI=1S/C27H43N3O6/c1-6-7-11-18(4)23(31)16-24(32)29-21(15-20-12-9-8-10-13-20)26(34)28-19(5)25(33)30-22(27(35)36)14-17(2)3/h8-10,12-13,17-19,21-23,31H,6-7,11,14-16H2,1-5H3,(H,28,34)(H,29,32)(H,30,33)(H,35,36)/t18?,19-,21-,22-,23?/m0/s1. The van der Waals surface area contributed by atoms with Crippen LogP contribution >= 0.6 is 0 Å². The largest absolute Gasteiger partial charge is 0.480 e. The van der Waals surface area contributed by atoms with Gasteiger partial charge in [-0.25, -0.2) is 4.79 Å². The van der Waals surface area contributed by atoms with Crippen molar-refractivity contribution in [3.05, 3.63) is 35.9 Å². The highest BCUT2D eigenvalue weighted by Crippen LogP contribution is 2.15. The van der Waals surface area contributed by atoms with E-state index < -0.39 is 47.9 Å². The molecule has 0 saturated carbocycles. The molecule has 1 aromatic rings. The molecule has 1 aromatic carbocycles. The number of benzene rings is 1. The molecule has 0 aromatic heterocycles. The maximum Gasteiger partial charge on any atom is 0.326 e. The van der Waals surface area contributed by atoms with E-state index in [-0.39, 0.29) is 31.1 Å². The Kier molecular flexibility index (Phi) is 13.8. The number of amides is 3. The molecule has 202 valence electrons. The minimum absolute atomic E-state index is 0.0474. The van der Waals surface area contributed by atoms with Crippen molar-refractivity contribution < 1.29 is 29.4 Å². The molecular formula is C27H43N3O6. The summed E-state index contributed by atoms with van der Waals surface area (Å²) >= 11 is 0. The fourth-order valence-electron chi connectivity index (χ4n) is 3.79. The Morgan fingerprint density at radius 2 is 1.53 bits per heavy atom. The molecule has 0 aliphatic heterocycles. The number of carboxylic acids is 1. The third-order valence-electron chi connectivity index (χ3n) is 6.07. The minimum atomic E-state index is -1.14. The predicted octanol–water partition coefficient (Wildman–Crippen LogP) is 2.41. The van der Waals surface area contributed by atoms with Crippen LogP contribution in [0.15, 0.2) is 30.3 Å². The number of carbonyl (C=O) groups excluding carboxylic acids is 3. The predicted molar refractivity (Wildman–Crippen MR) is 138 cm³/mol. The zero-order valence-corrected chi connectivity index (χ0v) is 22.1. The van der Waals surface area contributed by atoms with Gasteiger partial charge in [0.25, 0.3) is 0 Å². The Labute approximate surface area is 214 Å². The number of aliphatic hydroxyl groups excluding tert-OH is 1. The molecule has 5 atom stereocenters. The number of aliphatic carboxylic acids is 1. The van der Waals surface area contributed by atoms with E-state index >= 15 is 0 Å². The van der Waals surface area contributed by atoms with Crippen LogP contribution in [0, 0.1) is 11.8 Å². The van der Waals surface area contributed by atoms with Crippen LogP contribution in [0.25, 0.3) is 0 Å². The number of aliphatic hydroxyl groups is 1. The second-order valence-electron chi connectivity index (χ2n) is 9.96. The van der Waals surface area contributed by atoms with Crippen molar-refractivity contribution >= 4 is 23.7 Å². The monoisotopic (exact) mass is 505 g/mol. The van der Waals surface area contributed by atoms with Crippen molar-refractivity contribution in [1.82, 2.24) is 16.0 Å². The molecule has 0 aliphatic rings. The summed E-state index contributed by atoms with van der Waals surface area (Å²) in [6.07, 6.45) is 2.26. The van der Waals surface area contributed by atoms with Gasteiger partial charge in [0.2, 0.25) is 17.7 Å². The van der Waals surface area contributed by atoms with Gasteiger partial charge in [-0.15, -0.1) is 0 Å². The third-order valence-corrected chi connectivity index (χ3v) is 6.07. The van der Waals surface area contributed by atoms with E-state index in [9.17, 15) is 29.4 Å². The number of carboxylic acid groups (broad SMARTS) is 1. The van der Waals surface area contributed by atoms with Crippen LogP contribution < -0.4 is 16.0 Å². The van der Waals surface area contributed by atoms with Crippen LogP contribution in [-0.4, -0.2) is 58.1 Å². The van der Waals surface area contributed by atoms with Crippen LogP contribution in [0.3, 0.4) is 0 Å². The summed E-state index contributed by atoms with van der Waals surface area (Å²) in [6.45, 7) is 9.12. The summed E-state index contributed by atoms with van der Waals surface area (Å²) in [5, 5.41) is 27.5. The molecule has 0 aliphatic carbocycles. The van der Waals surface area contributed by atoms with Gasteiger partial charge in [-0.2, -0.15) is 0 Å². The molecule has 0 heterocycles. The van der Waals surface area contributed by atoms with E-state index in [0.717, 1.165) is 24.8 Å². The van der Waals surface area contributed by atoms with E-state index in [4.69, 9.17) is 0 Å². The molecule has 3 amide bonds. The summed E-state index contributed by atoms with van der Waals surface area (Å²) < 4.78 is 0. The normalized spacial score (nSPS) is 15.3. The van der Waals surface area contributed by atoms with Crippen molar-refractivity contribution in [2.45, 2.75) is 97.4 Å². The Hall–Kier alpha value is -2.94. The smallest absolute Gasteiger partial charge is 0.326 e. The van der Waals surface area contributed by atoms with Crippen LogP contribution in [0.2, 0.25) is 0 Å². The molecule has 1 rings (SSSR count). The first-order valence-corrected chi connectivity index (χ1v) is 12.8. The molecule has 0 bridgehead atoms. The second kappa shape index (κ2) is 15.9. The highest BCUT2D eigenvalue weighted by Gasteiger charge is 2.28. The lowest BCUT2D eigenvalue weighted by molar-refractivity contribution is -0.142. The first-order chi connectivity index (χ1) is 16.9. The number of rotatable bonds is 16. The zero-order valence-electron chi connectivity index (χ0n) is 22.1. The van der Waals surface area contributed by atoms with Gasteiger partial charge in [-0.05, 0) is 37.2 Å². The van der Waals surface area contributed by atoms with Gasteiger partial charge in [0.15, 0.2) is 0 Å². The SMILES string of the molecule is CCCCC(C)C(O)CC(=O)N[C@@H](Cc1ccccc1)C(=O)N[C@@H](C)C(=O)N[C@@H](CC(C)C)C(=O)O. The lowest BCUT2D eigenvalue weighted by Crippen LogP contribution is -2.55. The van der Waals surface area contributed by atoms with Gasteiger partial charge in [0.05, 0.1) is 12.5 Å².